The van der Waals surface area contributed by atoms with E-state index >= 15 is 0 Å². The fraction of sp³-hybridized carbons (Fsp3) is 0.182. The Labute approximate surface area is 186 Å². The largest absolute Gasteiger partial charge is 0.459 e. The number of aromatic nitrogens is 3. The van der Waals surface area contributed by atoms with Crippen LogP contribution in [0.2, 0.25) is 5.02 Å². The summed E-state index contributed by atoms with van der Waals surface area (Å²) in [4.78, 5) is 36.3. The van der Waals surface area contributed by atoms with Crippen molar-refractivity contribution >= 4 is 46.0 Å². The van der Waals surface area contributed by atoms with Gasteiger partial charge in [-0.15, -0.1) is 0 Å². The number of carbonyl (C=O) groups is 2. The van der Waals surface area contributed by atoms with E-state index in [9.17, 15) is 14.0 Å². The SMILES string of the molecule is O=C(Nc1ccc(Cl)c(-c2nc3ncc(NC(=O)C4CC(F)C4)cc3[nH]2)c1)c1ccco1. The molecule has 4 aromatic rings. The molecule has 3 N–H and O–H groups in total. The molecular weight excluding hydrogens is 437 g/mol. The summed E-state index contributed by atoms with van der Waals surface area (Å²) in [6.45, 7) is 0. The second kappa shape index (κ2) is 8.08. The molecule has 0 bridgehead atoms. The molecule has 5 rings (SSSR count). The van der Waals surface area contributed by atoms with Crippen LogP contribution in [0.1, 0.15) is 23.4 Å². The smallest absolute Gasteiger partial charge is 0.291 e. The van der Waals surface area contributed by atoms with Crippen LogP contribution < -0.4 is 10.6 Å². The van der Waals surface area contributed by atoms with Crippen molar-refractivity contribution in [3.63, 3.8) is 0 Å². The molecule has 8 nitrogen and oxygen atoms in total. The Morgan fingerprint density at radius 3 is 2.75 bits per heavy atom. The molecule has 1 fully saturated rings. The molecule has 3 heterocycles. The molecule has 1 aliphatic carbocycles. The van der Waals surface area contributed by atoms with Gasteiger partial charge in [-0.2, -0.15) is 0 Å². The standard InChI is InChI=1S/C22H17ClFN5O3/c23-16-4-3-13(26-22(31)18-2-1-5-32-18)8-15(16)19-28-17-9-14(10-25-20(17)29-19)27-21(30)11-6-12(24)7-11/h1-5,8-12H,6-7H2,(H,26,31)(H,27,30)(H,25,28,29). The van der Waals surface area contributed by atoms with E-state index in [-0.39, 0.29) is 36.3 Å². The number of amides is 2. The molecule has 0 spiro atoms. The quantitative estimate of drug-likeness (QED) is 0.401. The first kappa shape index (κ1) is 20.2. The molecule has 162 valence electrons. The summed E-state index contributed by atoms with van der Waals surface area (Å²) in [6, 6.07) is 9.91. The van der Waals surface area contributed by atoms with Crippen LogP contribution in [0.5, 0.6) is 0 Å². The van der Waals surface area contributed by atoms with Crippen LogP contribution in [0.4, 0.5) is 15.8 Å². The number of benzene rings is 1. The Bertz CT molecular complexity index is 1310. The monoisotopic (exact) mass is 453 g/mol. The van der Waals surface area contributed by atoms with Gasteiger partial charge in [0.15, 0.2) is 11.4 Å². The lowest BCUT2D eigenvalue weighted by molar-refractivity contribution is -0.124. The molecule has 0 radical (unpaired) electrons. The number of imidazole rings is 1. The van der Waals surface area contributed by atoms with Crippen LogP contribution in [-0.4, -0.2) is 32.9 Å². The second-order valence-corrected chi connectivity index (χ2v) is 7.97. The van der Waals surface area contributed by atoms with Crippen molar-refractivity contribution in [3.8, 4) is 11.4 Å². The van der Waals surface area contributed by atoms with Gasteiger partial charge in [-0.05, 0) is 49.2 Å². The number of furan rings is 1. The van der Waals surface area contributed by atoms with E-state index in [4.69, 9.17) is 16.0 Å². The van der Waals surface area contributed by atoms with Crippen molar-refractivity contribution in [1.82, 2.24) is 15.0 Å². The van der Waals surface area contributed by atoms with Gasteiger partial charge >= 0.3 is 0 Å². The van der Waals surface area contributed by atoms with Gasteiger partial charge in [-0.25, -0.2) is 14.4 Å². The predicted octanol–water partition coefficient (Wildman–Crippen LogP) is 4.81. The second-order valence-electron chi connectivity index (χ2n) is 7.56. The zero-order valence-corrected chi connectivity index (χ0v) is 17.3. The molecule has 0 unspecified atom stereocenters. The molecule has 32 heavy (non-hydrogen) atoms. The lowest BCUT2D eigenvalue weighted by atomic mass is 9.83. The fourth-order valence-electron chi connectivity index (χ4n) is 3.49. The number of pyridine rings is 1. The van der Waals surface area contributed by atoms with Crippen molar-refractivity contribution in [2.24, 2.45) is 5.92 Å². The molecule has 1 aliphatic rings. The number of nitrogens with one attached hydrogen (secondary N) is 3. The number of alkyl halides is 1. The molecule has 1 aromatic carbocycles. The number of fused-ring (bicyclic) bond motifs is 1. The predicted molar refractivity (Wildman–Crippen MR) is 117 cm³/mol. The Morgan fingerprint density at radius 2 is 2.00 bits per heavy atom. The number of hydrogen-bond donors (Lipinski definition) is 3. The maximum atomic E-state index is 13.0. The molecule has 10 heteroatoms. The maximum absolute atomic E-state index is 13.0. The minimum atomic E-state index is -0.897. The number of H-pyrrole nitrogens is 1. The van der Waals surface area contributed by atoms with E-state index in [1.54, 1.807) is 36.4 Å². The summed E-state index contributed by atoms with van der Waals surface area (Å²) in [5, 5.41) is 5.94. The molecular formula is C22H17ClFN5O3. The van der Waals surface area contributed by atoms with Gasteiger partial charge in [-0.1, -0.05) is 11.6 Å². The molecule has 0 saturated heterocycles. The minimum Gasteiger partial charge on any atom is -0.459 e. The normalized spacial score (nSPS) is 17.7. The Balaban J connectivity index is 1.38. The molecule has 0 atom stereocenters. The summed E-state index contributed by atoms with van der Waals surface area (Å²) in [5.74, 6) is -0.276. The van der Waals surface area contributed by atoms with E-state index in [0.717, 1.165) is 0 Å². The summed E-state index contributed by atoms with van der Waals surface area (Å²) >= 11 is 6.36. The Morgan fingerprint density at radius 1 is 1.16 bits per heavy atom. The van der Waals surface area contributed by atoms with Crippen LogP contribution in [0.25, 0.3) is 22.6 Å². The molecule has 0 aliphatic heterocycles. The van der Waals surface area contributed by atoms with Gasteiger partial charge in [0, 0.05) is 17.2 Å². The summed E-state index contributed by atoms with van der Waals surface area (Å²) in [6.07, 6.45) is 2.52. The Hall–Kier alpha value is -3.72. The third kappa shape index (κ3) is 3.94. The Kier molecular flexibility index (Phi) is 5.10. The number of aromatic amines is 1. The first-order valence-electron chi connectivity index (χ1n) is 9.92. The molecule has 2 amide bonds. The van der Waals surface area contributed by atoms with E-state index in [2.05, 4.69) is 25.6 Å². The van der Waals surface area contributed by atoms with Crippen LogP contribution in [0, 0.1) is 5.92 Å². The highest BCUT2D eigenvalue weighted by Gasteiger charge is 2.34. The van der Waals surface area contributed by atoms with Crippen molar-refractivity contribution in [2.75, 3.05) is 10.6 Å². The van der Waals surface area contributed by atoms with Gasteiger partial charge in [-0.3, -0.25) is 9.59 Å². The number of anilines is 2. The van der Waals surface area contributed by atoms with Crippen LogP contribution in [0.15, 0.2) is 53.3 Å². The van der Waals surface area contributed by atoms with Gasteiger partial charge in [0.2, 0.25) is 5.91 Å². The van der Waals surface area contributed by atoms with Gasteiger partial charge < -0.3 is 20.0 Å². The highest BCUT2D eigenvalue weighted by atomic mass is 35.5. The van der Waals surface area contributed by atoms with Gasteiger partial charge in [0.05, 0.1) is 28.7 Å². The molecule has 3 aromatic heterocycles. The van der Waals surface area contributed by atoms with Crippen molar-refractivity contribution in [1.29, 1.82) is 0 Å². The van der Waals surface area contributed by atoms with Crippen molar-refractivity contribution in [3.05, 3.63) is 59.6 Å². The zero-order valence-electron chi connectivity index (χ0n) is 16.6. The number of hydrogen-bond acceptors (Lipinski definition) is 5. The van der Waals surface area contributed by atoms with E-state index < -0.39 is 6.17 Å². The molecule has 1 saturated carbocycles. The number of nitrogens with zero attached hydrogens (tertiary/aromatic N) is 2. The number of halogens is 2. The third-order valence-electron chi connectivity index (χ3n) is 5.28. The topological polar surface area (TPSA) is 113 Å². The van der Waals surface area contributed by atoms with E-state index in [0.29, 0.717) is 38.9 Å². The average molecular weight is 454 g/mol. The highest BCUT2D eigenvalue weighted by molar-refractivity contribution is 6.33. The van der Waals surface area contributed by atoms with E-state index in [1.165, 1.54) is 12.5 Å². The highest BCUT2D eigenvalue weighted by Crippen LogP contribution is 2.32. The average Bonchev–Trinajstić information content (AvgIpc) is 3.42. The van der Waals surface area contributed by atoms with Crippen LogP contribution in [0.3, 0.4) is 0 Å². The van der Waals surface area contributed by atoms with Gasteiger partial charge in [0.1, 0.15) is 12.0 Å². The van der Waals surface area contributed by atoms with Crippen LogP contribution in [-0.2, 0) is 4.79 Å². The lowest BCUT2D eigenvalue weighted by Gasteiger charge is -2.28. The number of rotatable bonds is 5. The fourth-order valence-corrected chi connectivity index (χ4v) is 3.69. The summed E-state index contributed by atoms with van der Waals surface area (Å²) < 4.78 is 18.1. The maximum Gasteiger partial charge on any atom is 0.291 e. The first-order chi connectivity index (χ1) is 15.5. The number of carbonyl (C=O) groups excluding carboxylic acids is 2. The minimum absolute atomic E-state index is 0.188. The summed E-state index contributed by atoms with van der Waals surface area (Å²) in [5.41, 5.74) is 2.60. The third-order valence-corrected chi connectivity index (χ3v) is 5.61. The summed E-state index contributed by atoms with van der Waals surface area (Å²) in [7, 11) is 0. The lowest BCUT2D eigenvalue weighted by Crippen LogP contribution is -2.35. The van der Waals surface area contributed by atoms with Crippen molar-refractivity contribution in [2.45, 2.75) is 19.0 Å². The van der Waals surface area contributed by atoms with Crippen LogP contribution >= 0.6 is 11.6 Å². The first-order valence-corrected chi connectivity index (χ1v) is 10.3. The van der Waals surface area contributed by atoms with E-state index in [1.807, 2.05) is 0 Å². The van der Waals surface area contributed by atoms with Crippen molar-refractivity contribution < 1.29 is 18.4 Å². The van der Waals surface area contributed by atoms with Gasteiger partial charge in [0.25, 0.3) is 5.91 Å². The zero-order chi connectivity index (χ0) is 22.2.